The maximum atomic E-state index is 6.25. The van der Waals surface area contributed by atoms with Crippen LogP contribution in [0.15, 0.2) is 12.2 Å². The van der Waals surface area contributed by atoms with Crippen LogP contribution in [0.1, 0.15) is 25.7 Å². The van der Waals surface area contributed by atoms with Crippen LogP contribution in [0.3, 0.4) is 0 Å². The van der Waals surface area contributed by atoms with E-state index in [9.17, 15) is 0 Å². The van der Waals surface area contributed by atoms with Gasteiger partial charge in [0.05, 0.1) is 18.3 Å². The molecule has 0 radical (unpaired) electrons. The summed E-state index contributed by atoms with van der Waals surface area (Å²) in [6, 6.07) is 0. The van der Waals surface area contributed by atoms with Crippen LogP contribution in [-0.2, 0) is 9.47 Å². The molecule has 2 heteroatoms. The SMILES string of the molecule is CO[C@]12[C@@H]3C=C[C@H]1C[C@@H]1CO[C@H]4CC[C@@H](C3)[C@@]142. The van der Waals surface area contributed by atoms with Crippen LogP contribution >= 0.6 is 0 Å². The maximum Gasteiger partial charge on any atom is 0.0890 e. The first kappa shape index (κ1) is 9.57. The molecule has 1 aliphatic heterocycles. The number of hydrogen-bond donors (Lipinski definition) is 0. The second-order valence-electron chi connectivity index (χ2n) is 6.79. The van der Waals surface area contributed by atoms with E-state index in [-0.39, 0.29) is 5.60 Å². The minimum Gasteiger partial charge on any atom is -0.377 e. The van der Waals surface area contributed by atoms with Gasteiger partial charge in [-0.25, -0.2) is 0 Å². The predicted octanol–water partition coefficient (Wildman–Crippen LogP) is 2.39. The molecular weight excluding hydrogens is 212 g/mol. The predicted molar refractivity (Wildman–Crippen MR) is 63.5 cm³/mol. The molecule has 1 saturated heterocycles. The van der Waals surface area contributed by atoms with Gasteiger partial charge >= 0.3 is 0 Å². The Kier molecular flexibility index (Phi) is 1.49. The Hall–Kier alpha value is -0.340. The summed E-state index contributed by atoms with van der Waals surface area (Å²) in [5.74, 6) is 3.01. The molecule has 92 valence electrons. The Labute approximate surface area is 102 Å². The average molecular weight is 232 g/mol. The molecule has 3 saturated carbocycles. The summed E-state index contributed by atoms with van der Waals surface area (Å²) in [6.07, 6.45) is 10.8. The summed E-state index contributed by atoms with van der Waals surface area (Å²) in [6.45, 7) is 1.00. The minimum absolute atomic E-state index is 0.125. The third-order valence-electron chi connectivity index (χ3n) is 6.93. The van der Waals surface area contributed by atoms with Crippen LogP contribution in [-0.4, -0.2) is 25.4 Å². The van der Waals surface area contributed by atoms with Gasteiger partial charge in [-0.3, -0.25) is 0 Å². The molecule has 0 N–H and O–H groups in total. The van der Waals surface area contributed by atoms with Gasteiger partial charge in [-0.05, 0) is 37.5 Å². The molecular formula is C15H20O2. The summed E-state index contributed by atoms with van der Waals surface area (Å²) >= 11 is 0. The summed E-state index contributed by atoms with van der Waals surface area (Å²) in [5, 5.41) is 0. The summed E-state index contributed by atoms with van der Waals surface area (Å²) in [7, 11) is 1.96. The van der Waals surface area contributed by atoms with Crippen molar-refractivity contribution in [1.29, 1.82) is 0 Å². The minimum atomic E-state index is 0.125. The zero-order chi connectivity index (χ0) is 11.3. The Balaban J connectivity index is 1.80. The largest absolute Gasteiger partial charge is 0.377 e. The van der Waals surface area contributed by atoms with Crippen molar-refractivity contribution in [2.75, 3.05) is 13.7 Å². The summed E-state index contributed by atoms with van der Waals surface area (Å²) < 4.78 is 12.4. The molecule has 0 bridgehead atoms. The van der Waals surface area contributed by atoms with Crippen LogP contribution < -0.4 is 0 Å². The topological polar surface area (TPSA) is 18.5 Å². The zero-order valence-corrected chi connectivity index (χ0v) is 10.4. The van der Waals surface area contributed by atoms with E-state index in [1.54, 1.807) is 0 Å². The zero-order valence-electron chi connectivity index (χ0n) is 10.4. The van der Waals surface area contributed by atoms with Crippen molar-refractivity contribution in [2.24, 2.45) is 29.1 Å². The van der Waals surface area contributed by atoms with E-state index in [0.29, 0.717) is 23.4 Å². The lowest BCUT2D eigenvalue weighted by Crippen LogP contribution is -2.53. The highest BCUT2D eigenvalue weighted by molar-refractivity contribution is 5.36. The molecule has 1 heterocycles. The van der Waals surface area contributed by atoms with Crippen LogP contribution in [0.25, 0.3) is 0 Å². The molecule has 0 aromatic heterocycles. The Morgan fingerprint density at radius 1 is 1.12 bits per heavy atom. The van der Waals surface area contributed by atoms with Crippen LogP contribution in [0, 0.1) is 29.1 Å². The quantitative estimate of drug-likeness (QED) is 0.646. The molecule has 0 aromatic carbocycles. The second kappa shape index (κ2) is 2.65. The fraction of sp³-hybridized carbons (Fsp3) is 0.867. The van der Waals surface area contributed by atoms with Gasteiger partial charge in [0.2, 0.25) is 0 Å². The van der Waals surface area contributed by atoms with Gasteiger partial charge in [-0.15, -0.1) is 0 Å². The Morgan fingerprint density at radius 2 is 1.88 bits per heavy atom. The van der Waals surface area contributed by atoms with Crippen LogP contribution in [0.2, 0.25) is 0 Å². The van der Waals surface area contributed by atoms with E-state index in [2.05, 4.69) is 12.2 Å². The lowest BCUT2D eigenvalue weighted by atomic mass is 9.66. The fourth-order valence-electron chi connectivity index (χ4n) is 6.82. The van der Waals surface area contributed by atoms with Gasteiger partial charge in [-0.2, -0.15) is 0 Å². The number of rotatable bonds is 1. The molecule has 0 aromatic rings. The van der Waals surface area contributed by atoms with Crippen molar-refractivity contribution in [3.63, 3.8) is 0 Å². The molecule has 1 spiro atoms. The Morgan fingerprint density at radius 3 is 2.65 bits per heavy atom. The lowest BCUT2D eigenvalue weighted by Gasteiger charge is -2.44. The molecule has 0 unspecified atom stereocenters. The summed E-state index contributed by atoms with van der Waals surface area (Å²) in [4.78, 5) is 0. The molecule has 0 amide bonds. The molecule has 5 aliphatic rings. The van der Waals surface area contributed by atoms with Gasteiger partial charge in [0.1, 0.15) is 0 Å². The van der Waals surface area contributed by atoms with Crippen molar-refractivity contribution < 1.29 is 9.47 Å². The Bertz CT molecular complexity index is 385. The fourth-order valence-corrected chi connectivity index (χ4v) is 6.82. The molecule has 2 nitrogen and oxygen atoms in total. The van der Waals surface area contributed by atoms with Gasteiger partial charge in [0.15, 0.2) is 0 Å². The first-order valence-corrected chi connectivity index (χ1v) is 7.19. The first-order chi connectivity index (χ1) is 8.34. The monoisotopic (exact) mass is 232 g/mol. The van der Waals surface area contributed by atoms with E-state index in [1.165, 1.54) is 25.7 Å². The maximum absolute atomic E-state index is 6.25. The van der Waals surface area contributed by atoms with E-state index >= 15 is 0 Å². The van der Waals surface area contributed by atoms with E-state index in [0.717, 1.165) is 18.4 Å². The number of hydrogen-bond acceptors (Lipinski definition) is 2. The highest BCUT2D eigenvalue weighted by Crippen LogP contribution is 2.77. The first-order valence-electron chi connectivity index (χ1n) is 7.19. The third kappa shape index (κ3) is 0.699. The van der Waals surface area contributed by atoms with Crippen molar-refractivity contribution in [1.82, 2.24) is 0 Å². The third-order valence-corrected chi connectivity index (χ3v) is 6.93. The van der Waals surface area contributed by atoms with Crippen molar-refractivity contribution >= 4 is 0 Å². The highest BCUT2D eigenvalue weighted by Gasteiger charge is 2.81. The van der Waals surface area contributed by atoms with Crippen molar-refractivity contribution in [3.05, 3.63) is 12.2 Å². The molecule has 4 fully saturated rings. The van der Waals surface area contributed by atoms with Crippen molar-refractivity contribution in [3.8, 4) is 0 Å². The lowest BCUT2D eigenvalue weighted by molar-refractivity contribution is -0.134. The van der Waals surface area contributed by atoms with E-state index in [1.807, 2.05) is 7.11 Å². The second-order valence-corrected chi connectivity index (χ2v) is 6.79. The van der Waals surface area contributed by atoms with Gasteiger partial charge in [0, 0.05) is 24.4 Å². The van der Waals surface area contributed by atoms with E-state index < -0.39 is 0 Å². The molecule has 7 atom stereocenters. The van der Waals surface area contributed by atoms with Crippen LogP contribution in [0.5, 0.6) is 0 Å². The van der Waals surface area contributed by atoms with E-state index in [4.69, 9.17) is 9.47 Å². The van der Waals surface area contributed by atoms with Gasteiger partial charge in [0.25, 0.3) is 0 Å². The summed E-state index contributed by atoms with van der Waals surface area (Å²) in [5.41, 5.74) is 0.514. The standard InChI is InChI=1S/C15H20O2/c1-16-15-10-2-3-11(15)7-12-8-17-13-5-4-9(6-10)14(12,13)15/h2-3,9-13H,4-8H2,1H3/t9-,10+,11-,12+,13-,14+,15+/m0/s1. The van der Waals surface area contributed by atoms with Gasteiger partial charge < -0.3 is 9.47 Å². The van der Waals surface area contributed by atoms with Gasteiger partial charge in [-0.1, -0.05) is 12.2 Å². The van der Waals surface area contributed by atoms with Crippen LogP contribution in [0.4, 0.5) is 0 Å². The molecule has 17 heavy (non-hydrogen) atoms. The molecule has 5 rings (SSSR count). The molecule has 4 aliphatic carbocycles. The number of methoxy groups -OCH3 is 1. The smallest absolute Gasteiger partial charge is 0.0890 e. The normalized spacial score (nSPS) is 65.6. The average Bonchev–Trinajstić information content (AvgIpc) is 3.01. The van der Waals surface area contributed by atoms with Crippen molar-refractivity contribution in [2.45, 2.75) is 37.4 Å². The number of ether oxygens (including phenoxy) is 2. The highest BCUT2D eigenvalue weighted by atomic mass is 16.5.